The number of nitrogens with one attached hydrogen (secondary N) is 2. The summed E-state index contributed by atoms with van der Waals surface area (Å²) in [5.41, 5.74) is 0.102. The fourth-order valence-corrected chi connectivity index (χ4v) is 2.11. The Bertz CT molecular complexity index is 514. The molecule has 1 rings (SSSR count). The number of carboxylic acids is 1. The molecular weight excluding hydrogens is 319 g/mol. The van der Waals surface area contributed by atoms with Crippen LogP contribution >= 0.6 is 23.2 Å². The van der Waals surface area contributed by atoms with E-state index in [0.717, 1.165) is 0 Å². The quantitative estimate of drug-likeness (QED) is 0.745. The zero-order chi connectivity index (χ0) is 16.0. The van der Waals surface area contributed by atoms with E-state index in [4.69, 9.17) is 33.0 Å². The maximum Gasteiger partial charge on any atom is 0.335 e. The number of anilines is 1. The van der Waals surface area contributed by atoms with Gasteiger partial charge in [0.1, 0.15) is 0 Å². The van der Waals surface area contributed by atoms with Gasteiger partial charge in [-0.3, -0.25) is 0 Å². The highest BCUT2D eigenvalue weighted by Crippen LogP contribution is 2.31. The summed E-state index contributed by atoms with van der Waals surface area (Å²) in [5.74, 6) is -1.15. The van der Waals surface area contributed by atoms with Crippen molar-refractivity contribution in [1.82, 2.24) is 5.32 Å². The van der Waals surface area contributed by atoms with Crippen LogP contribution in [0.3, 0.4) is 0 Å². The van der Waals surface area contributed by atoms with E-state index in [9.17, 15) is 9.59 Å². The molecule has 116 valence electrons. The van der Waals surface area contributed by atoms with Crippen LogP contribution in [-0.4, -0.2) is 36.4 Å². The van der Waals surface area contributed by atoms with Gasteiger partial charge in [0.25, 0.3) is 0 Å². The third kappa shape index (κ3) is 5.41. The highest BCUT2D eigenvalue weighted by Gasteiger charge is 2.15. The summed E-state index contributed by atoms with van der Waals surface area (Å²) >= 11 is 11.9. The van der Waals surface area contributed by atoms with Gasteiger partial charge in [0.15, 0.2) is 0 Å². The van der Waals surface area contributed by atoms with Crippen molar-refractivity contribution in [1.29, 1.82) is 0 Å². The van der Waals surface area contributed by atoms with Crippen LogP contribution in [-0.2, 0) is 4.74 Å². The normalized spacial score (nSPS) is 11.8. The zero-order valence-electron chi connectivity index (χ0n) is 11.6. The third-order valence-electron chi connectivity index (χ3n) is 2.48. The molecule has 0 aliphatic carbocycles. The standard InChI is InChI=1S/C13H16Cl2N2O4/c1-3-21-6-7(2)16-13(20)17-11-9(14)4-8(12(18)19)5-10(11)15/h4-5,7H,3,6H2,1-2H3,(H,18,19)(H2,16,17,20). The van der Waals surface area contributed by atoms with E-state index in [1.807, 2.05) is 6.92 Å². The second-order valence-electron chi connectivity index (χ2n) is 4.28. The molecule has 0 heterocycles. The minimum atomic E-state index is -1.15. The van der Waals surface area contributed by atoms with Gasteiger partial charge < -0.3 is 20.5 Å². The number of benzene rings is 1. The molecule has 0 aliphatic rings. The Labute approximate surface area is 132 Å². The lowest BCUT2D eigenvalue weighted by Crippen LogP contribution is -2.38. The van der Waals surface area contributed by atoms with Gasteiger partial charge in [-0.2, -0.15) is 0 Å². The summed E-state index contributed by atoms with van der Waals surface area (Å²) in [6.07, 6.45) is 0. The molecule has 1 aromatic carbocycles. The van der Waals surface area contributed by atoms with Crippen molar-refractivity contribution in [2.24, 2.45) is 0 Å². The maximum absolute atomic E-state index is 11.8. The first-order chi connectivity index (χ1) is 9.85. The Morgan fingerprint density at radius 1 is 1.33 bits per heavy atom. The summed E-state index contributed by atoms with van der Waals surface area (Å²) in [7, 11) is 0. The smallest absolute Gasteiger partial charge is 0.335 e. The van der Waals surface area contributed by atoms with Crippen LogP contribution in [0.2, 0.25) is 10.0 Å². The number of hydrogen-bond donors (Lipinski definition) is 3. The predicted octanol–water partition coefficient (Wildman–Crippen LogP) is 3.24. The highest BCUT2D eigenvalue weighted by atomic mass is 35.5. The predicted molar refractivity (Wildman–Crippen MR) is 81.5 cm³/mol. The SMILES string of the molecule is CCOCC(C)NC(=O)Nc1c(Cl)cc(C(=O)O)cc1Cl. The second-order valence-corrected chi connectivity index (χ2v) is 5.09. The first-order valence-electron chi connectivity index (χ1n) is 6.22. The Hall–Kier alpha value is -1.50. The van der Waals surface area contributed by atoms with Gasteiger partial charge in [0.2, 0.25) is 0 Å². The minimum absolute atomic E-state index is 0.0486. The van der Waals surface area contributed by atoms with Crippen LogP contribution < -0.4 is 10.6 Å². The van der Waals surface area contributed by atoms with E-state index >= 15 is 0 Å². The molecular formula is C13H16Cl2N2O4. The molecule has 0 aromatic heterocycles. The average molecular weight is 335 g/mol. The van der Waals surface area contributed by atoms with Gasteiger partial charge in [-0.05, 0) is 26.0 Å². The van der Waals surface area contributed by atoms with Crippen LogP contribution in [0, 0.1) is 0 Å². The number of carbonyl (C=O) groups excluding carboxylic acids is 1. The van der Waals surface area contributed by atoms with E-state index in [2.05, 4.69) is 10.6 Å². The fraction of sp³-hybridized carbons (Fsp3) is 0.385. The number of ether oxygens (including phenoxy) is 1. The van der Waals surface area contributed by atoms with Gasteiger partial charge in [-0.15, -0.1) is 0 Å². The largest absolute Gasteiger partial charge is 0.478 e. The molecule has 0 fully saturated rings. The molecule has 0 spiro atoms. The maximum atomic E-state index is 11.8. The fourth-order valence-electron chi connectivity index (χ4n) is 1.53. The van der Waals surface area contributed by atoms with E-state index < -0.39 is 12.0 Å². The number of amides is 2. The highest BCUT2D eigenvalue weighted by molar-refractivity contribution is 6.40. The van der Waals surface area contributed by atoms with Crippen molar-refractivity contribution >= 4 is 40.9 Å². The number of hydrogen-bond acceptors (Lipinski definition) is 3. The van der Waals surface area contributed by atoms with E-state index in [1.165, 1.54) is 12.1 Å². The summed E-state index contributed by atoms with van der Waals surface area (Å²) in [5, 5.41) is 14.1. The number of aromatic carboxylic acids is 1. The van der Waals surface area contributed by atoms with E-state index in [1.54, 1.807) is 6.92 Å². The van der Waals surface area contributed by atoms with Crippen LogP contribution in [0.1, 0.15) is 24.2 Å². The molecule has 21 heavy (non-hydrogen) atoms. The number of carboxylic acid groups (broad SMARTS) is 1. The lowest BCUT2D eigenvalue weighted by atomic mass is 10.2. The van der Waals surface area contributed by atoms with Crippen molar-refractivity contribution in [2.45, 2.75) is 19.9 Å². The van der Waals surface area contributed by atoms with Gasteiger partial charge in [0.05, 0.1) is 33.9 Å². The number of carbonyl (C=O) groups is 2. The molecule has 6 nitrogen and oxygen atoms in total. The average Bonchev–Trinajstić information content (AvgIpc) is 2.40. The monoisotopic (exact) mass is 334 g/mol. The molecule has 8 heteroatoms. The molecule has 3 N–H and O–H groups in total. The Balaban J connectivity index is 2.74. The first kappa shape index (κ1) is 17.6. The van der Waals surface area contributed by atoms with E-state index in [-0.39, 0.29) is 27.3 Å². The van der Waals surface area contributed by atoms with Crippen LogP contribution in [0.5, 0.6) is 0 Å². The molecule has 0 saturated carbocycles. The molecule has 1 atom stereocenters. The van der Waals surface area contributed by atoms with Crippen LogP contribution in [0.4, 0.5) is 10.5 Å². The molecule has 1 aromatic rings. The molecule has 0 radical (unpaired) electrons. The zero-order valence-corrected chi connectivity index (χ0v) is 13.1. The Kier molecular flexibility index (Phi) is 6.74. The van der Waals surface area contributed by atoms with Gasteiger partial charge in [-0.25, -0.2) is 9.59 Å². The molecule has 2 amide bonds. The Morgan fingerprint density at radius 3 is 2.38 bits per heavy atom. The van der Waals surface area contributed by atoms with E-state index in [0.29, 0.717) is 13.2 Å². The number of rotatable bonds is 6. The second kappa shape index (κ2) is 8.07. The van der Waals surface area contributed by atoms with Crippen molar-refractivity contribution in [3.8, 4) is 0 Å². The van der Waals surface area contributed by atoms with Crippen LogP contribution in [0.15, 0.2) is 12.1 Å². The lowest BCUT2D eigenvalue weighted by molar-refractivity contribution is 0.0697. The summed E-state index contributed by atoms with van der Waals surface area (Å²) in [4.78, 5) is 22.7. The molecule has 0 aliphatic heterocycles. The first-order valence-corrected chi connectivity index (χ1v) is 6.98. The van der Waals surface area contributed by atoms with Gasteiger partial charge in [0, 0.05) is 6.61 Å². The third-order valence-corrected chi connectivity index (χ3v) is 3.07. The van der Waals surface area contributed by atoms with Crippen molar-refractivity contribution in [3.05, 3.63) is 27.7 Å². The molecule has 1 unspecified atom stereocenters. The molecule has 0 bridgehead atoms. The van der Waals surface area contributed by atoms with Crippen LogP contribution in [0.25, 0.3) is 0 Å². The molecule has 0 saturated heterocycles. The van der Waals surface area contributed by atoms with Crippen molar-refractivity contribution < 1.29 is 19.4 Å². The topological polar surface area (TPSA) is 87.7 Å². The van der Waals surface area contributed by atoms with Crippen molar-refractivity contribution in [3.63, 3.8) is 0 Å². The number of halogens is 2. The summed E-state index contributed by atoms with van der Waals surface area (Å²) in [6.45, 7) is 4.58. The summed E-state index contributed by atoms with van der Waals surface area (Å²) in [6, 6.07) is 1.74. The van der Waals surface area contributed by atoms with Gasteiger partial charge >= 0.3 is 12.0 Å². The summed E-state index contributed by atoms with van der Waals surface area (Å²) < 4.78 is 5.18. The Morgan fingerprint density at radius 2 is 1.90 bits per heavy atom. The minimum Gasteiger partial charge on any atom is -0.478 e. The van der Waals surface area contributed by atoms with Gasteiger partial charge in [-0.1, -0.05) is 23.2 Å². The number of urea groups is 1. The lowest BCUT2D eigenvalue weighted by Gasteiger charge is -2.16. The van der Waals surface area contributed by atoms with Crippen molar-refractivity contribution in [2.75, 3.05) is 18.5 Å².